The van der Waals surface area contributed by atoms with Gasteiger partial charge in [0.1, 0.15) is 5.75 Å². The average Bonchev–Trinajstić information content (AvgIpc) is 2.81. The van der Waals surface area contributed by atoms with Crippen molar-refractivity contribution in [2.24, 2.45) is 0 Å². The molecule has 32 heavy (non-hydrogen) atoms. The van der Waals surface area contributed by atoms with Crippen LogP contribution in [0.2, 0.25) is 0 Å². The van der Waals surface area contributed by atoms with Crippen LogP contribution in [0.4, 0.5) is 18.9 Å². The third-order valence-electron chi connectivity index (χ3n) is 4.51. The van der Waals surface area contributed by atoms with Gasteiger partial charge in [-0.25, -0.2) is 0 Å². The summed E-state index contributed by atoms with van der Waals surface area (Å²) in [5.74, 6) is 4.53. The number of para-hydroxylation sites is 1. The highest BCUT2D eigenvalue weighted by Gasteiger charge is 2.43. The summed E-state index contributed by atoms with van der Waals surface area (Å²) in [6, 6.07) is 22.4. The molecule has 0 spiro atoms. The number of hydrogen-bond acceptors (Lipinski definition) is 2. The molecular formula is C26H20F3NO2. The fraction of sp³-hybridized carbons (Fsp3) is 0.115. The van der Waals surface area contributed by atoms with E-state index in [1.807, 2.05) is 18.2 Å². The lowest BCUT2D eigenvalue weighted by Gasteiger charge is -2.23. The highest BCUT2D eigenvalue weighted by Crippen LogP contribution is 2.26. The first kappa shape index (κ1) is 22.7. The second-order valence-corrected chi connectivity index (χ2v) is 6.72. The van der Waals surface area contributed by atoms with Gasteiger partial charge < -0.3 is 4.74 Å². The quantitative estimate of drug-likeness (QED) is 0.481. The lowest BCUT2D eigenvalue weighted by molar-refractivity contribution is -0.170. The molecule has 0 saturated carbocycles. The Hall–Kier alpha value is -3.98. The number of nitrogens with zero attached hydrogens (tertiary/aromatic N) is 1. The van der Waals surface area contributed by atoms with Gasteiger partial charge in [0, 0.05) is 17.7 Å². The summed E-state index contributed by atoms with van der Waals surface area (Å²) in [7, 11) is 1.55. The molecule has 6 heteroatoms. The lowest BCUT2D eigenvalue weighted by Crippen LogP contribution is -2.41. The largest absolute Gasteiger partial charge is 0.497 e. The zero-order valence-electron chi connectivity index (χ0n) is 17.3. The van der Waals surface area contributed by atoms with Crippen molar-refractivity contribution in [2.75, 3.05) is 18.6 Å². The minimum atomic E-state index is -5.02. The van der Waals surface area contributed by atoms with E-state index in [0.717, 1.165) is 11.1 Å². The van der Waals surface area contributed by atoms with Crippen LogP contribution in [0.1, 0.15) is 16.7 Å². The first-order chi connectivity index (χ1) is 15.4. The van der Waals surface area contributed by atoms with Crippen LogP contribution in [0, 0.1) is 11.8 Å². The molecule has 0 aromatic heterocycles. The van der Waals surface area contributed by atoms with Gasteiger partial charge in [-0.2, -0.15) is 13.2 Å². The van der Waals surface area contributed by atoms with Crippen molar-refractivity contribution < 1.29 is 22.7 Å². The lowest BCUT2D eigenvalue weighted by atomic mass is 10.1. The first-order valence-corrected chi connectivity index (χ1v) is 9.74. The molecule has 3 rings (SSSR count). The molecule has 162 valence electrons. The van der Waals surface area contributed by atoms with Crippen molar-refractivity contribution in [3.63, 3.8) is 0 Å². The molecule has 0 fully saturated rings. The van der Waals surface area contributed by atoms with E-state index in [-0.39, 0.29) is 12.2 Å². The predicted octanol–water partition coefficient (Wildman–Crippen LogP) is 5.70. The van der Waals surface area contributed by atoms with E-state index in [1.165, 1.54) is 12.1 Å². The van der Waals surface area contributed by atoms with Crippen molar-refractivity contribution in [3.05, 3.63) is 102 Å². The molecular weight excluding hydrogens is 415 g/mol. The maximum Gasteiger partial charge on any atom is 0.471 e. The van der Waals surface area contributed by atoms with Crippen LogP contribution < -0.4 is 9.64 Å². The van der Waals surface area contributed by atoms with Crippen molar-refractivity contribution >= 4 is 17.7 Å². The van der Waals surface area contributed by atoms with Gasteiger partial charge in [-0.15, -0.1) is 0 Å². The average molecular weight is 435 g/mol. The first-order valence-electron chi connectivity index (χ1n) is 9.74. The number of amides is 1. The molecule has 0 bridgehead atoms. The molecule has 0 aliphatic rings. The van der Waals surface area contributed by atoms with Gasteiger partial charge in [0.15, 0.2) is 0 Å². The minimum Gasteiger partial charge on any atom is -0.497 e. The number of anilines is 1. The second-order valence-electron chi connectivity index (χ2n) is 6.72. The maximum absolute atomic E-state index is 13.3. The Kier molecular flexibility index (Phi) is 7.35. The predicted molar refractivity (Wildman–Crippen MR) is 119 cm³/mol. The van der Waals surface area contributed by atoms with Crippen LogP contribution in [0.15, 0.2) is 84.9 Å². The third kappa shape index (κ3) is 6.02. The molecule has 0 unspecified atom stereocenters. The third-order valence-corrected chi connectivity index (χ3v) is 4.51. The van der Waals surface area contributed by atoms with Crippen LogP contribution in [-0.2, 0) is 4.79 Å². The SMILES string of the molecule is COc1ccc(/C=C/CN(C(=O)C(F)(F)F)c2ccccc2C#Cc2ccccc2)cc1. The normalized spacial score (nSPS) is 11.0. The Labute approximate surface area is 184 Å². The summed E-state index contributed by atoms with van der Waals surface area (Å²) in [5.41, 5.74) is 1.90. The smallest absolute Gasteiger partial charge is 0.471 e. The molecule has 0 aliphatic heterocycles. The van der Waals surface area contributed by atoms with Crippen LogP contribution in [0.3, 0.4) is 0 Å². The zero-order chi connectivity index (χ0) is 23.0. The van der Waals surface area contributed by atoms with E-state index in [2.05, 4.69) is 11.8 Å². The molecule has 0 atom stereocenters. The fourth-order valence-electron chi connectivity index (χ4n) is 2.93. The molecule has 0 saturated heterocycles. The Balaban J connectivity index is 1.92. The van der Waals surface area contributed by atoms with E-state index in [4.69, 9.17) is 4.74 Å². The van der Waals surface area contributed by atoms with Gasteiger partial charge in [-0.3, -0.25) is 9.69 Å². The van der Waals surface area contributed by atoms with Crippen LogP contribution >= 0.6 is 0 Å². The number of ether oxygens (including phenoxy) is 1. The second kappa shape index (κ2) is 10.4. The number of alkyl halides is 3. The number of rotatable bonds is 5. The molecule has 3 aromatic carbocycles. The molecule has 0 N–H and O–H groups in total. The Morgan fingerprint density at radius 1 is 0.938 bits per heavy atom. The standard InChI is InChI=1S/C26H20F3NO2/c1-32-23-17-14-21(15-18-23)10-7-19-30(25(31)26(27,28)29)24-12-6-5-11-22(24)16-13-20-8-3-2-4-9-20/h2-12,14-15,17-18H,19H2,1H3/b10-7+. The zero-order valence-corrected chi connectivity index (χ0v) is 17.3. The molecule has 3 nitrogen and oxygen atoms in total. The van der Waals surface area contributed by atoms with Gasteiger partial charge in [-0.1, -0.05) is 66.5 Å². The number of hydrogen-bond donors (Lipinski definition) is 0. The van der Waals surface area contributed by atoms with Crippen molar-refractivity contribution in [1.82, 2.24) is 0 Å². The molecule has 0 heterocycles. The van der Waals surface area contributed by atoms with Crippen molar-refractivity contribution in [2.45, 2.75) is 6.18 Å². The van der Waals surface area contributed by atoms with Gasteiger partial charge in [-0.05, 0) is 42.0 Å². The maximum atomic E-state index is 13.3. The monoisotopic (exact) mass is 435 g/mol. The molecule has 1 amide bonds. The summed E-state index contributed by atoms with van der Waals surface area (Å²) >= 11 is 0. The van der Waals surface area contributed by atoms with Gasteiger partial charge in [0.25, 0.3) is 0 Å². The van der Waals surface area contributed by atoms with Gasteiger partial charge in [0.05, 0.1) is 12.8 Å². The minimum absolute atomic E-state index is 0.0950. The van der Waals surface area contributed by atoms with E-state index >= 15 is 0 Å². The number of carbonyl (C=O) groups is 1. The molecule has 0 aliphatic carbocycles. The van der Waals surface area contributed by atoms with E-state index in [9.17, 15) is 18.0 Å². The van der Waals surface area contributed by atoms with Crippen LogP contribution in [0.5, 0.6) is 5.75 Å². The molecule has 0 radical (unpaired) electrons. The topological polar surface area (TPSA) is 29.5 Å². The highest BCUT2D eigenvalue weighted by molar-refractivity contribution is 5.98. The van der Waals surface area contributed by atoms with Crippen LogP contribution in [-0.4, -0.2) is 25.7 Å². The summed E-state index contributed by atoms with van der Waals surface area (Å²) in [6.45, 7) is -0.269. The van der Waals surface area contributed by atoms with Crippen molar-refractivity contribution in [1.29, 1.82) is 0 Å². The highest BCUT2D eigenvalue weighted by atomic mass is 19.4. The number of benzene rings is 3. The summed E-state index contributed by atoms with van der Waals surface area (Å²) < 4.78 is 45.1. The number of methoxy groups -OCH3 is 1. The Morgan fingerprint density at radius 2 is 1.59 bits per heavy atom. The number of carbonyl (C=O) groups excluding carboxylic acids is 1. The fourth-order valence-corrected chi connectivity index (χ4v) is 2.93. The van der Waals surface area contributed by atoms with E-state index < -0.39 is 12.1 Å². The van der Waals surface area contributed by atoms with E-state index in [1.54, 1.807) is 67.8 Å². The Morgan fingerprint density at radius 3 is 2.25 bits per heavy atom. The summed E-state index contributed by atoms with van der Waals surface area (Å²) in [4.78, 5) is 12.9. The van der Waals surface area contributed by atoms with Gasteiger partial charge >= 0.3 is 12.1 Å². The van der Waals surface area contributed by atoms with Crippen LogP contribution in [0.25, 0.3) is 6.08 Å². The Bertz CT molecular complexity index is 1140. The van der Waals surface area contributed by atoms with Crippen molar-refractivity contribution in [3.8, 4) is 17.6 Å². The van der Waals surface area contributed by atoms with E-state index in [0.29, 0.717) is 16.2 Å². The number of halogens is 3. The van der Waals surface area contributed by atoms with Gasteiger partial charge in [0.2, 0.25) is 0 Å². The summed E-state index contributed by atoms with van der Waals surface area (Å²) in [6.07, 6.45) is -1.87. The molecule has 3 aromatic rings. The summed E-state index contributed by atoms with van der Waals surface area (Å²) in [5, 5.41) is 0.